The summed E-state index contributed by atoms with van der Waals surface area (Å²) in [5.41, 5.74) is 1.34. The number of rotatable bonds is 0. The topological polar surface area (TPSA) is 49.8 Å². The maximum atomic E-state index is 13.1. The summed E-state index contributed by atoms with van der Waals surface area (Å²) >= 11 is 0. The minimum atomic E-state index is -0.662. The van der Waals surface area contributed by atoms with Gasteiger partial charge in [0.15, 0.2) is 11.6 Å². The van der Waals surface area contributed by atoms with Gasteiger partial charge in [-0.15, -0.1) is 0 Å². The van der Waals surface area contributed by atoms with Gasteiger partial charge in [-0.2, -0.15) is 0 Å². The fraction of sp³-hybridized carbons (Fsp3) is 0.364. The number of methoxy groups -OCH3 is 1. The monoisotopic (exact) mass is 225 g/mol. The van der Waals surface area contributed by atoms with Gasteiger partial charge in [-0.3, -0.25) is 0 Å². The molecule has 16 heavy (non-hydrogen) atoms. The maximum absolute atomic E-state index is 13.1. The molecule has 0 fully saturated rings. The molecule has 0 unspecified atom stereocenters. The number of benzene rings is 1. The van der Waals surface area contributed by atoms with Crippen molar-refractivity contribution in [1.29, 1.82) is 0 Å². The highest BCUT2D eigenvalue weighted by molar-refractivity contribution is 5.68. The van der Waals surface area contributed by atoms with Crippen molar-refractivity contribution in [2.24, 2.45) is 0 Å². The standard InChI is InChI=1S/C11H12FNO3/c1-16-11(15)13-5-4-7-2-3-9(12)10(14)8(7)6-13/h2-3,14H,4-6H2,1H3. The lowest BCUT2D eigenvalue weighted by Gasteiger charge is -2.28. The van der Waals surface area contributed by atoms with Crippen LogP contribution in [0.15, 0.2) is 12.1 Å². The van der Waals surface area contributed by atoms with E-state index >= 15 is 0 Å². The van der Waals surface area contributed by atoms with Gasteiger partial charge in [0.1, 0.15) is 0 Å². The van der Waals surface area contributed by atoms with Crippen molar-refractivity contribution >= 4 is 6.09 Å². The molecule has 1 heterocycles. The van der Waals surface area contributed by atoms with E-state index in [2.05, 4.69) is 4.74 Å². The van der Waals surface area contributed by atoms with Crippen molar-refractivity contribution in [2.75, 3.05) is 13.7 Å². The van der Waals surface area contributed by atoms with Gasteiger partial charge in [-0.25, -0.2) is 9.18 Å². The summed E-state index contributed by atoms with van der Waals surface area (Å²) in [5, 5.41) is 9.56. The molecule has 1 amide bonds. The number of aromatic hydroxyl groups is 1. The predicted molar refractivity (Wildman–Crippen MR) is 54.6 cm³/mol. The summed E-state index contributed by atoms with van der Waals surface area (Å²) in [4.78, 5) is 12.7. The van der Waals surface area contributed by atoms with Crippen LogP contribution >= 0.6 is 0 Å². The number of hydrogen-bond acceptors (Lipinski definition) is 3. The zero-order valence-electron chi connectivity index (χ0n) is 8.86. The van der Waals surface area contributed by atoms with Crippen LogP contribution in [0, 0.1) is 5.82 Å². The van der Waals surface area contributed by atoms with E-state index in [1.54, 1.807) is 6.07 Å². The van der Waals surface area contributed by atoms with Gasteiger partial charge in [-0.1, -0.05) is 6.07 Å². The highest BCUT2D eigenvalue weighted by atomic mass is 19.1. The molecule has 2 rings (SSSR count). The van der Waals surface area contributed by atoms with E-state index < -0.39 is 11.9 Å². The molecular formula is C11H12FNO3. The van der Waals surface area contributed by atoms with Gasteiger partial charge < -0.3 is 14.7 Å². The summed E-state index contributed by atoms with van der Waals surface area (Å²) in [6, 6.07) is 2.88. The Balaban J connectivity index is 2.32. The molecule has 0 atom stereocenters. The molecule has 1 aromatic rings. The van der Waals surface area contributed by atoms with E-state index in [-0.39, 0.29) is 12.3 Å². The van der Waals surface area contributed by atoms with Crippen LogP contribution in [0.25, 0.3) is 0 Å². The molecule has 1 aliphatic rings. The molecule has 5 heteroatoms. The predicted octanol–water partition coefficient (Wildman–Crippen LogP) is 1.66. The van der Waals surface area contributed by atoms with Gasteiger partial charge in [0.25, 0.3) is 0 Å². The van der Waals surface area contributed by atoms with Gasteiger partial charge in [-0.05, 0) is 18.1 Å². The van der Waals surface area contributed by atoms with E-state index in [1.165, 1.54) is 18.1 Å². The van der Waals surface area contributed by atoms with Crippen molar-refractivity contribution in [3.05, 3.63) is 29.1 Å². The van der Waals surface area contributed by atoms with Crippen molar-refractivity contribution in [2.45, 2.75) is 13.0 Å². The molecular weight excluding hydrogens is 213 g/mol. The lowest BCUT2D eigenvalue weighted by atomic mass is 9.99. The molecule has 1 aliphatic heterocycles. The van der Waals surface area contributed by atoms with Gasteiger partial charge in [0.2, 0.25) is 0 Å². The normalized spacial score (nSPS) is 14.5. The first-order valence-electron chi connectivity index (χ1n) is 4.95. The molecule has 1 N–H and O–H groups in total. The minimum Gasteiger partial charge on any atom is -0.505 e. The summed E-state index contributed by atoms with van der Waals surface area (Å²) < 4.78 is 17.7. The molecule has 86 valence electrons. The highest BCUT2D eigenvalue weighted by Gasteiger charge is 2.24. The molecule has 0 aliphatic carbocycles. The number of carbonyl (C=O) groups excluding carboxylic acids is 1. The van der Waals surface area contributed by atoms with E-state index in [9.17, 15) is 14.3 Å². The molecule has 0 spiro atoms. The molecule has 1 aromatic carbocycles. The zero-order chi connectivity index (χ0) is 11.7. The first kappa shape index (κ1) is 10.7. The molecule has 0 aromatic heterocycles. The average Bonchev–Trinajstić information content (AvgIpc) is 2.32. The van der Waals surface area contributed by atoms with E-state index in [0.29, 0.717) is 18.5 Å². The molecule has 0 saturated heterocycles. The largest absolute Gasteiger partial charge is 0.505 e. The molecule has 0 saturated carbocycles. The summed E-state index contributed by atoms with van der Waals surface area (Å²) in [5.74, 6) is -1.03. The number of hydrogen-bond donors (Lipinski definition) is 1. The van der Waals surface area contributed by atoms with Crippen LogP contribution in [-0.4, -0.2) is 29.8 Å². The number of phenols is 1. The summed E-state index contributed by atoms with van der Waals surface area (Å²) in [7, 11) is 1.29. The zero-order valence-corrected chi connectivity index (χ0v) is 8.86. The van der Waals surface area contributed by atoms with Crippen LogP contribution in [0.5, 0.6) is 5.75 Å². The lowest BCUT2D eigenvalue weighted by molar-refractivity contribution is 0.118. The third-order valence-electron chi connectivity index (χ3n) is 2.76. The smallest absolute Gasteiger partial charge is 0.409 e. The van der Waals surface area contributed by atoms with Crippen LogP contribution in [-0.2, 0) is 17.7 Å². The van der Waals surface area contributed by atoms with Crippen LogP contribution in [0.1, 0.15) is 11.1 Å². The van der Waals surface area contributed by atoms with Crippen LogP contribution in [0.2, 0.25) is 0 Å². The number of ether oxygens (including phenoxy) is 1. The Morgan fingerprint density at radius 1 is 1.56 bits per heavy atom. The Bertz CT molecular complexity index is 433. The fourth-order valence-electron chi connectivity index (χ4n) is 1.87. The Morgan fingerprint density at radius 2 is 2.31 bits per heavy atom. The van der Waals surface area contributed by atoms with Gasteiger partial charge in [0, 0.05) is 12.1 Å². The Hall–Kier alpha value is -1.78. The number of nitrogens with zero attached hydrogens (tertiary/aromatic N) is 1. The average molecular weight is 225 g/mol. The Kier molecular flexibility index (Phi) is 2.68. The van der Waals surface area contributed by atoms with Crippen molar-refractivity contribution in [1.82, 2.24) is 4.90 Å². The molecule has 0 radical (unpaired) electrons. The maximum Gasteiger partial charge on any atom is 0.409 e. The number of halogens is 1. The first-order chi connectivity index (χ1) is 7.63. The number of phenolic OH excluding ortho intramolecular Hbond substituents is 1. The summed E-state index contributed by atoms with van der Waals surface area (Å²) in [6.07, 6.45) is 0.132. The fourth-order valence-corrected chi connectivity index (χ4v) is 1.87. The lowest BCUT2D eigenvalue weighted by Crippen LogP contribution is -2.35. The number of fused-ring (bicyclic) bond motifs is 1. The third-order valence-corrected chi connectivity index (χ3v) is 2.76. The second-order valence-corrected chi connectivity index (χ2v) is 3.68. The van der Waals surface area contributed by atoms with Crippen molar-refractivity contribution < 1.29 is 19.0 Å². The Morgan fingerprint density at radius 3 is 3.00 bits per heavy atom. The number of carbonyl (C=O) groups is 1. The third kappa shape index (κ3) is 1.68. The SMILES string of the molecule is COC(=O)N1CCc2ccc(F)c(O)c2C1. The van der Waals surface area contributed by atoms with Crippen LogP contribution in [0.3, 0.4) is 0 Å². The van der Waals surface area contributed by atoms with E-state index in [4.69, 9.17) is 0 Å². The van der Waals surface area contributed by atoms with Crippen molar-refractivity contribution in [3.8, 4) is 5.75 Å². The summed E-state index contributed by atoms with van der Waals surface area (Å²) in [6.45, 7) is 0.705. The quantitative estimate of drug-likeness (QED) is 0.730. The second kappa shape index (κ2) is 4.00. The second-order valence-electron chi connectivity index (χ2n) is 3.68. The van der Waals surface area contributed by atoms with Gasteiger partial charge >= 0.3 is 6.09 Å². The van der Waals surface area contributed by atoms with Crippen LogP contribution < -0.4 is 0 Å². The van der Waals surface area contributed by atoms with Crippen molar-refractivity contribution in [3.63, 3.8) is 0 Å². The minimum absolute atomic E-state index is 0.186. The van der Waals surface area contributed by atoms with E-state index in [0.717, 1.165) is 5.56 Å². The van der Waals surface area contributed by atoms with Gasteiger partial charge in [0.05, 0.1) is 13.7 Å². The highest BCUT2D eigenvalue weighted by Crippen LogP contribution is 2.29. The molecule has 0 bridgehead atoms. The van der Waals surface area contributed by atoms with E-state index in [1.807, 2.05) is 0 Å². The van der Waals surface area contributed by atoms with Crippen LogP contribution in [0.4, 0.5) is 9.18 Å². The Labute approximate surface area is 92.2 Å². The molecule has 4 nitrogen and oxygen atoms in total. The first-order valence-corrected chi connectivity index (χ1v) is 4.95. The number of amides is 1.